The molecule has 0 atom stereocenters. The van der Waals surface area contributed by atoms with Crippen molar-refractivity contribution in [3.8, 4) is 11.6 Å². The van der Waals surface area contributed by atoms with E-state index in [0.717, 1.165) is 0 Å². The molecule has 2 heterocycles. The van der Waals surface area contributed by atoms with Gasteiger partial charge in [0.25, 0.3) is 0 Å². The zero-order chi connectivity index (χ0) is 16.4. The molecule has 1 aliphatic rings. The number of aromatic nitrogens is 1. The van der Waals surface area contributed by atoms with Gasteiger partial charge in [-0.25, -0.2) is 15.2 Å². The monoisotopic (exact) mass is 352 g/mol. The number of nitrogens with zero attached hydrogens (tertiary/aromatic N) is 2. The van der Waals surface area contributed by atoms with Crippen LogP contribution in [0.15, 0.2) is 36.5 Å². The van der Waals surface area contributed by atoms with E-state index in [4.69, 9.17) is 27.9 Å². The molecule has 0 spiro atoms. The van der Waals surface area contributed by atoms with E-state index in [-0.39, 0.29) is 22.3 Å². The maximum atomic E-state index is 11.4. The first kappa shape index (κ1) is 15.4. The number of hydrogen-bond acceptors (Lipinski definition) is 5. The average molecular weight is 353 g/mol. The smallest absolute Gasteiger partial charge is 0.340 e. The minimum atomic E-state index is -0.623. The van der Waals surface area contributed by atoms with Crippen LogP contribution >= 0.6 is 23.2 Å². The van der Waals surface area contributed by atoms with Crippen LogP contribution in [0.2, 0.25) is 10.0 Å². The van der Waals surface area contributed by atoms with E-state index in [1.807, 2.05) is 0 Å². The first-order chi connectivity index (χ1) is 11.0. The first-order valence-electron chi connectivity index (χ1n) is 6.49. The van der Waals surface area contributed by atoms with Crippen LogP contribution in [0.1, 0.15) is 0 Å². The Morgan fingerprint density at radius 3 is 2.52 bits per heavy atom. The molecule has 9 heteroatoms. The summed E-state index contributed by atoms with van der Waals surface area (Å²) in [5.41, 5.74) is 2.93. The number of hydrogen-bond donors (Lipinski definition) is 2. The van der Waals surface area contributed by atoms with E-state index < -0.39 is 11.9 Å². The lowest BCUT2D eigenvalue weighted by atomic mass is 10.2. The fourth-order valence-electron chi connectivity index (χ4n) is 1.97. The number of anilines is 1. The first-order valence-corrected chi connectivity index (χ1v) is 7.24. The lowest BCUT2D eigenvalue weighted by Gasteiger charge is -2.29. The van der Waals surface area contributed by atoms with Crippen LogP contribution in [-0.4, -0.2) is 23.5 Å². The maximum absolute atomic E-state index is 11.4. The summed E-state index contributed by atoms with van der Waals surface area (Å²) in [7, 11) is 0. The Bertz CT molecular complexity index is 731. The van der Waals surface area contributed by atoms with Crippen molar-refractivity contribution in [2.24, 2.45) is 0 Å². The molecule has 118 valence electrons. The molecule has 0 saturated carbocycles. The van der Waals surface area contributed by atoms with Gasteiger partial charge in [0.05, 0.1) is 15.7 Å². The predicted octanol–water partition coefficient (Wildman–Crippen LogP) is 2.74. The van der Waals surface area contributed by atoms with Crippen LogP contribution in [0.4, 0.5) is 10.5 Å². The highest BCUT2D eigenvalue weighted by molar-refractivity contribution is 6.37. The van der Waals surface area contributed by atoms with Crippen molar-refractivity contribution in [1.82, 2.24) is 15.7 Å². The fraction of sp³-hybridized carbons (Fsp3) is 0.0714. The van der Waals surface area contributed by atoms with Gasteiger partial charge in [-0.2, -0.15) is 0 Å². The van der Waals surface area contributed by atoms with Gasteiger partial charge in [0.15, 0.2) is 5.75 Å². The zero-order valence-electron chi connectivity index (χ0n) is 11.5. The second-order valence-corrected chi connectivity index (χ2v) is 5.40. The highest BCUT2D eigenvalue weighted by atomic mass is 35.5. The van der Waals surface area contributed by atoms with Crippen LogP contribution in [-0.2, 0) is 4.79 Å². The molecule has 2 aromatic rings. The number of carbonyl (C=O) groups excluding carboxylic acids is 2. The summed E-state index contributed by atoms with van der Waals surface area (Å²) < 4.78 is 5.56. The number of benzene rings is 1. The highest BCUT2D eigenvalue weighted by Gasteiger charge is 2.23. The molecule has 3 amide bonds. The second-order valence-electron chi connectivity index (χ2n) is 4.58. The molecule has 1 aromatic carbocycles. The number of carbonyl (C=O) groups is 2. The van der Waals surface area contributed by atoms with Gasteiger partial charge in [0.1, 0.15) is 6.54 Å². The lowest BCUT2D eigenvalue weighted by molar-refractivity contribution is -0.119. The van der Waals surface area contributed by atoms with Crippen LogP contribution in [0.3, 0.4) is 0 Å². The molecule has 2 N–H and O–H groups in total. The molecule has 0 aliphatic carbocycles. The summed E-state index contributed by atoms with van der Waals surface area (Å²) in [6.45, 7) is -0.0567. The van der Waals surface area contributed by atoms with Crippen LogP contribution in [0, 0.1) is 0 Å². The Labute approximate surface area is 141 Å². The molecule has 1 aromatic heterocycles. The number of pyridine rings is 1. The van der Waals surface area contributed by atoms with E-state index in [1.165, 1.54) is 17.1 Å². The van der Waals surface area contributed by atoms with Crippen molar-refractivity contribution < 1.29 is 14.3 Å². The lowest BCUT2D eigenvalue weighted by Crippen LogP contribution is -2.59. The Morgan fingerprint density at radius 2 is 1.91 bits per heavy atom. The molecular weight excluding hydrogens is 343 g/mol. The van der Waals surface area contributed by atoms with Gasteiger partial charge in [-0.1, -0.05) is 29.3 Å². The van der Waals surface area contributed by atoms with Crippen molar-refractivity contribution in [2.45, 2.75) is 0 Å². The standard InChI is InChI=1S/C14H10Cl2N4O3/c15-9-5-8(20-7-11(21)18-14(22)19-20)6-10(16)13(9)23-12-3-1-2-4-17-12/h1-6H,7H2,(H2,18,19,21,22). The number of ether oxygens (including phenoxy) is 1. The zero-order valence-corrected chi connectivity index (χ0v) is 13.1. The predicted molar refractivity (Wildman–Crippen MR) is 84.8 cm³/mol. The van der Waals surface area contributed by atoms with Crippen LogP contribution < -0.4 is 20.5 Å². The number of rotatable bonds is 3. The van der Waals surface area contributed by atoms with E-state index in [1.54, 1.807) is 24.4 Å². The van der Waals surface area contributed by atoms with Gasteiger partial charge in [0.2, 0.25) is 11.8 Å². The quantitative estimate of drug-likeness (QED) is 0.887. The molecular formula is C14H10Cl2N4O3. The van der Waals surface area contributed by atoms with Crippen molar-refractivity contribution >= 4 is 40.8 Å². The summed E-state index contributed by atoms with van der Waals surface area (Å²) in [5.74, 6) is 0.146. The van der Waals surface area contributed by atoms with Crippen molar-refractivity contribution in [2.75, 3.05) is 11.6 Å². The van der Waals surface area contributed by atoms with Gasteiger partial charge in [0, 0.05) is 12.3 Å². The topological polar surface area (TPSA) is 83.6 Å². The minimum Gasteiger partial charge on any atom is -0.436 e. The summed E-state index contributed by atoms with van der Waals surface area (Å²) in [6, 6.07) is 7.62. The number of urea groups is 1. The average Bonchev–Trinajstić information content (AvgIpc) is 2.51. The van der Waals surface area contributed by atoms with E-state index in [9.17, 15) is 9.59 Å². The molecule has 1 aliphatic heterocycles. The summed E-state index contributed by atoms with van der Waals surface area (Å²) in [4.78, 5) is 26.8. The fourth-order valence-corrected chi connectivity index (χ4v) is 2.52. The number of nitrogens with one attached hydrogen (secondary N) is 2. The Kier molecular flexibility index (Phi) is 4.22. The maximum Gasteiger partial charge on any atom is 0.340 e. The minimum absolute atomic E-state index is 0.0567. The molecule has 0 unspecified atom stereocenters. The molecule has 3 rings (SSSR count). The Balaban J connectivity index is 1.88. The Hall–Kier alpha value is -2.51. The number of imide groups is 1. The second kappa shape index (κ2) is 6.31. The van der Waals surface area contributed by atoms with Gasteiger partial charge in [-0.3, -0.25) is 15.1 Å². The highest BCUT2D eigenvalue weighted by Crippen LogP contribution is 2.39. The third kappa shape index (κ3) is 3.46. The van der Waals surface area contributed by atoms with Crippen molar-refractivity contribution in [3.05, 3.63) is 46.6 Å². The van der Waals surface area contributed by atoms with Gasteiger partial charge in [-0.15, -0.1) is 0 Å². The van der Waals surface area contributed by atoms with Crippen LogP contribution in [0.25, 0.3) is 0 Å². The van der Waals surface area contributed by atoms with Gasteiger partial charge >= 0.3 is 6.03 Å². The SMILES string of the molecule is O=C1CN(c2cc(Cl)c(Oc3ccccn3)c(Cl)c2)NC(=O)N1. The molecule has 0 radical (unpaired) electrons. The molecule has 1 saturated heterocycles. The normalized spacial score (nSPS) is 14.3. The van der Waals surface area contributed by atoms with Crippen molar-refractivity contribution in [3.63, 3.8) is 0 Å². The third-order valence-electron chi connectivity index (χ3n) is 2.93. The van der Waals surface area contributed by atoms with E-state index in [0.29, 0.717) is 11.6 Å². The number of hydrazine groups is 1. The van der Waals surface area contributed by atoms with Gasteiger partial charge in [-0.05, 0) is 18.2 Å². The van der Waals surface area contributed by atoms with Crippen molar-refractivity contribution in [1.29, 1.82) is 0 Å². The number of amides is 3. The summed E-state index contributed by atoms with van der Waals surface area (Å²) >= 11 is 12.4. The Morgan fingerprint density at radius 1 is 1.17 bits per heavy atom. The summed E-state index contributed by atoms with van der Waals surface area (Å²) in [6.07, 6.45) is 1.58. The number of halogens is 2. The third-order valence-corrected chi connectivity index (χ3v) is 3.49. The van der Waals surface area contributed by atoms with E-state index >= 15 is 0 Å². The summed E-state index contributed by atoms with van der Waals surface area (Å²) in [5, 5.41) is 3.90. The van der Waals surface area contributed by atoms with E-state index in [2.05, 4.69) is 15.7 Å². The molecule has 23 heavy (non-hydrogen) atoms. The molecule has 7 nitrogen and oxygen atoms in total. The van der Waals surface area contributed by atoms with Gasteiger partial charge < -0.3 is 4.74 Å². The molecule has 1 fully saturated rings. The molecule has 0 bridgehead atoms. The largest absolute Gasteiger partial charge is 0.436 e. The van der Waals surface area contributed by atoms with Crippen LogP contribution in [0.5, 0.6) is 11.6 Å².